The van der Waals surface area contributed by atoms with E-state index in [0.29, 0.717) is 35.1 Å². The van der Waals surface area contributed by atoms with E-state index in [2.05, 4.69) is 10.6 Å². The number of hydrogen-bond acceptors (Lipinski definition) is 4. The summed E-state index contributed by atoms with van der Waals surface area (Å²) in [5.74, 6) is -0.951. The van der Waals surface area contributed by atoms with Crippen molar-refractivity contribution in [3.05, 3.63) is 28.2 Å². The number of rotatable bonds is 9. The minimum absolute atomic E-state index is 0.200. The van der Waals surface area contributed by atoms with Crippen molar-refractivity contribution in [1.82, 2.24) is 5.32 Å². The molecule has 9 heteroatoms. The van der Waals surface area contributed by atoms with E-state index in [0.717, 1.165) is 6.42 Å². The second kappa shape index (κ2) is 10.7. The highest BCUT2D eigenvalue weighted by atomic mass is 35.5. The van der Waals surface area contributed by atoms with Crippen molar-refractivity contribution in [2.45, 2.75) is 25.7 Å². The molecule has 1 aromatic carbocycles. The Balaban J connectivity index is 2.17. The highest BCUT2D eigenvalue weighted by Crippen LogP contribution is 2.25. The molecule has 132 valence electrons. The van der Waals surface area contributed by atoms with Crippen molar-refractivity contribution in [1.29, 1.82) is 0 Å². The van der Waals surface area contributed by atoms with Gasteiger partial charge in [-0.3, -0.25) is 9.59 Å². The van der Waals surface area contributed by atoms with Crippen LogP contribution < -0.4 is 16.4 Å². The number of amides is 3. The van der Waals surface area contributed by atoms with Crippen LogP contribution in [0.2, 0.25) is 10.0 Å². The summed E-state index contributed by atoms with van der Waals surface area (Å²) >= 11 is 11.7. The van der Waals surface area contributed by atoms with Gasteiger partial charge >= 0.3 is 12.0 Å². The Kier molecular flexibility index (Phi) is 8.96. The minimum atomic E-state index is -0.568. The molecule has 0 fully saturated rings. The van der Waals surface area contributed by atoms with Gasteiger partial charge in [-0.15, -0.1) is 0 Å². The van der Waals surface area contributed by atoms with Gasteiger partial charge in [-0.25, -0.2) is 4.79 Å². The zero-order valence-corrected chi connectivity index (χ0v) is 14.5. The molecule has 1 rings (SSSR count). The average Bonchev–Trinajstić information content (AvgIpc) is 2.51. The Labute approximate surface area is 149 Å². The first-order valence-corrected chi connectivity index (χ1v) is 8.08. The predicted molar refractivity (Wildman–Crippen MR) is 92.1 cm³/mol. The van der Waals surface area contributed by atoms with E-state index in [1.807, 2.05) is 0 Å². The van der Waals surface area contributed by atoms with Crippen LogP contribution in [-0.4, -0.2) is 31.1 Å². The molecule has 0 heterocycles. The Morgan fingerprint density at radius 2 is 1.88 bits per heavy atom. The van der Waals surface area contributed by atoms with Crippen LogP contribution in [0.15, 0.2) is 18.2 Å². The maximum atomic E-state index is 11.7. The van der Waals surface area contributed by atoms with Crippen LogP contribution in [0.4, 0.5) is 10.5 Å². The summed E-state index contributed by atoms with van der Waals surface area (Å²) in [5, 5.41) is 5.74. The van der Waals surface area contributed by atoms with E-state index in [-0.39, 0.29) is 13.0 Å². The number of ether oxygens (including phenoxy) is 1. The second-order valence-electron chi connectivity index (χ2n) is 4.93. The minimum Gasteiger partial charge on any atom is -0.456 e. The summed E-state index contributed by atoms with van der Waals surface area (Å²) in [6.07, 6.45) is 2.25. The number of anilines is 1. The van der Waals surface area contributed by atoms with Gasteiger partial charge in [-0.1, -0.05) is 29.6 Å². The molecule has 0 atom stereocenters. The summed E-state index contributed by atoms with van der Waals surface area (Å²) in [5.41, 5.74) is 5.31. The van der Waals surface area contributed by atoms with Crippen molar-refractivity contribution in [3.63, 3.8) is 0 Å². The highest BCUT2D eigenvalue weighted by molar-refractivity contribution is 6.36. The Morgan fingerprint density at radius 3 is 2.54 bits per heavy atom. The Hall–Kier alpha value is -1.99. The largest absolute Gasteiger partial charge is 0.456 e. The lowest BCUT2D eigenvalue weighted by atomic mass is 10.2. The van der Waals surface area contributed by atoms with Gasteiger partial charge in [0, 0.05) is 18.0 Å². The highest BCUT2D eigenvalue weighted by Gasteiger charge is 2.10. The number of carbonyl (C=O) groups is 3. The van der Waals surface area contributed by atoms with E-state index in [9.17, 15) is 14.4 Å². The quantitative estimate of drug-likeness (QED) is 0.455. The van der Waals surface area contributed by atoms with Crippen LogP contribution in [-0.2, 0) is 14.3 Å². The molecule has 4 N–H and O–H groups in total. The molecule has 0 saturated carbocycles. The lowest BCUT2D eigenvalue weighted by Gasteiger charge is -2.08. The number of benzene rings is 1. The number of nitrogens with one attached hydrogen (secondary N) is 2. The Morgan fingerprint density at radius 1 is 1.12 bits per heavy atom. The van der Waals surface area contributed by atoms with Gasteiger partial charge in [0.1, 0.15) is 0 Å². The van der Waals surface area contributed by atoms with Gasteiger partial charge in [0.25, 0.3) is 5.91 Å². The molecule has 0 saturated heterocycles. The van der Waals surface area contributed by atoms with Gasteiger partial charge in [0.15, 0.2) is 6.61 Å². The van der Waals surface area contributed by atoms with Gasteiger partial charge in [0.05, 0.1) is 10.7 Å². The first kappa shape index (κ1) is 20.1. The fraction of sp³-hybridized carbons (Fsp3) is 0.400. The molecule has 0 aliphatic carbocycles. The van der Waals surface area contributed by atoms with Crippen molar-refractivity contribution < 1.29 is 19.1 Å². The van der Waals surface area contributed by atoms with E-state index in [1.165, 1.54) is 6.07 Å². The lowest BCUT2D eigenvalue weighted by molar-refractivity contribution is -0.147. The third-order valence-corrected chi connectivity index (χ3v) is 3.47. The molecule has 7 nitrogen and oxygen atoms in total. The van der Waals surface area contributed by atoms with Crippen LogP contribution >= 0.6 is 23.2 Å². The monoisotopic (exact) mass is 375 g/mol. The van der Waals surface area contributed by atoms with E-state index in [1.54, 1.807) is 12.1 Å². The molecule has 3 amide bonds. The number of hydrogen-bond donors (Lipinski definition) is 3. The van der Waals surface area contributed by atoms with E-state index >= 15 is 0 Å². The fourth-order valence-electron chi connectivity index (χ4n) is 1.78. The third-order valence-electron chi connectivity index (χ3n) is 2.93. The van der Waals surface area contributed by atoms with Crippen LogP contribution in [0.5, 0.6) is 0 Å². The first-order chi connectivity index (χ1) is 11.4. The molecule has 0 aliphatic heterocycles. The van der Waals surface area contributed by atoms with Crippen LogP contribution in [0.25, 0.3) is 0 Å². The van der Waals surface area contributed by atoms with Crippen LogP contribution in [0.1, 0.15) is 25.7 Å². The van der Waals surface area contributed by atoms with E-state index in [4.69, 9.17) is 33.7 Å². The Bertz CT molecular complexity index is 596. The second-order valence-corrected chi connectivity index (χ2v) is 5.78. The lowest BCUT2D eigenvalue weighted by Crippen LogP contribution is -2.29. The molecule has 1 aromatic rings. The van der Waals surface area contributed by atoms with Crippen LogP contribution in [0, 0.1) is 0 Å². The van der Waals surface area contributed by atoms with Gasteiger partial charge in [-0.05, 0) is 31.0 Å². The number of carbonyl (C=O) groups excluding carboxylic acids is 3. The van der Waals surface area contributed by atoms with Crippen molar-refractivity contribution in [2.75, 3.05) is 18.5 Å². The average molecular weight is 376 g/mol. The first-order valence-electron chi connectivity index (χ1n) is 7.32. The summed E-state index contributed by atoms with van der Waals surface area (Å²) < 4.78 is 4.87. The molecule has 0 aliphatic rings. The van der Waals surface area contributed by atoms with Gasteiger partial charge in [-0.2, -0.15) is 0 Å². The van der Waals surface area contributed by atoms with E-state index < -0.39 is 17.9 Å². The topological polar surface area (TPSA) is 111 Å². The number of unbranched alkanes of at least 4 members (excludes halogenated alkanes) is 2. The smallest absolute Gasteiger partial charge is 0.312 e. The number of esters is 1. The zero-order chi connectivity index (χ0) is 17.9. The third kappa shape index (κ3) is 8.59. The molecule has 24 heavy (non-hydrogen) atoms. The van der Waals surface area contributed by atoms with Gasteiger partial charge < -0.3 is 21.1 Å². The summed E-state index contributed by atoms with van der Waals surface area (Å²) in [6, 6.07) is 4.08. The van der Waals surface area contributed by atoms with Crippen molar-refractivity contribution in [3.8, 4) is 0 Å². The fourth-order valence-corrected chi connectivity index (χ4v) is 2.23. The number of primary amides is 1. The maximum absolute atomic E-state index is 11.7. The summed E-state index contributed by atoms with van der Waals surface area (Å²) in [6.45, 7) is 0.0790. The zero-order valence-electron chi connectivity index (χ0n) is 12.9. The summed E-state index contributed by atoms with van der Waals surface area (Å²) in [7, 11) is 0. The number of nitrogens with two attached hydrogens (primary N) is 1. The number of urea groups is 1. The molecule has 0 unspecified atom stereocenters. The maximum Gasteiger partial charge on any atom is 0.312 e. The molecule has 0 aromatic heterocycles. The predicted octanol–water partition coefficient (Wildman–Crippen LogP) is 2.70. The standard InChI is InChI=1S/C15H19Cl2N3O4/c16-10-5-6-12(11(17)8-10)20-13(21)9-24-14(22)4-2-1-3-7-19-15(18)23/h5-6,8H,1-4,7,9H2,(H,20,21)(H3,18,19,23). The normalized spacial score (nSPS) is 10.1. The summed E-state index contributed by atoms with van der Waals surface area (Å²) in [4.78, 5) is 33.7. The van der Waals surface area contributed by atoms with Crippen molar-refractivity contribution >= 4 is 46.8 Å². The molecule has 0 bridgehead atoms. The molecular weight excluding hydrogens is 357 g/mol. The van der Waals surface area contributed by atoms with Gasteiger partial charge in [0.2, 0.25) is 0 Å². The molecule has 0 spiro atoms. The molecular formula is C15H19Cl2N3O4. The van der Waals surface area contributed by atoms with Crippen LogP contribution in [0.3, 0.4) is 0 Å². The number of halogens is 2. The van der Waals surface area contributed by atoms with Crippen molar-refractivity contribution in [2.24, 2.45) is 5.73 Å². The molecule has 0 radical (unpaired) electrons. The SMILES string of the molecule is NC(=O)NCCCCCC(=O)OCC(=O)Nc1ccc(Cl)cc1Cl.